The molecule has 0 atom stereocenters. The quantitative estimate of drug-likeness (QED) is 0.672. The zero-order chi connectivity index (χ0) is 17.2. The van der Waals surface area contributed by atoms with Crippen molar-refractivity contribution in [3.05, 3.63) is 69.3 Å². The van der Waals surface area contributed by atoms with E-state index in [0.717, 1.165) is 5.56 Å². The Morgan fingerprint density at radius 3 is 2.22 bits per heavy atom. The molecule has 2 aromatic carbocycles. The fraction of sp³-hybridized carbons (Fsp3) is 0.278. The molecule has 1 N–H and O–H groups in total. The van der Waals surface area contributed by atoms with Gasteiger partial charge < -0.3 is 5.32 Å². The highest BCUT2D eigenvalue weighted by Gasteiger charge is 2.15. The molecular weight excluding hydrogens is 292 g/mol. The van der Waals surface area contributed by atoms with Gasteiger partial charge in [0.2, 0.25) is 0 Å². The van der Waals surface area contributed by atoms with Gasteiger partial charge in [0.25, 0.3) is 11.6 Å². The van der Waals surface area contributed by atoms with E-state index >= 15 is 0 Å². The fourth-order valence-corrected chi connectivity index (χ4v) is 2.21. The average molecular weight is 312 g/mol. The minimum absolute atomic E-state index is 0.00844. The molecule has 1 amide bonds. The predicted molar refractivity (Wildman–Crippen MR) is 90.9 cm³/mol. The smallest absolute Gasteiger partial charge is 0.274 e. The Morgan fingerprint density at radius 1 is 1.09 bits per heavy atom. The fourth-order valence-electron chi connectivity index (χ4n) is 2.21. The molecule has 5 heteroatoms. The third-order valence-corrected chi connectivity index (χ3v) is 3.68. The molecule has 0 aliphatic heterocycles. The first-order chi connectivity index (χ1) is 10.7. The Balaban J connectivity index is 2.19. The van der Waals surface area contributed by atoms with Crippen molar-refractivity contribution in [3.63, 3.8) is 0 Å². The van der Waals surface area contributed by atoms with E-state index in [-0.39, 0.29) is 17.0 Å². The van der Waals surface area contributed by atoms with E-state index in [1.807, 2.05) is 12.1 Å². The average Bonchev–Trinajstić information content (AvgIpc) is 2.48. The molecule has 0 unspecified atom stereocenters. The van der Waals surface area contributed by atoms with E-state index in [1.165, 1.54) is 6.07 Å². The monoisotopic (exact) mass is 312 g/mol. The molecule has 23 heavy (non-hydrogen) atoms. The summed E-state index contributed by atoms with van der Waals surface area (Å²) in [7, 11) is 0. The van der Waals surface area contributed by atoms with Crippen molar-refractivity contribution in [2.75, 3.05) is 5.32 Å². The van der Waals surface area contributed by atoms with Crippen LogP contribution in [0.1, 0.15) is 42.3 Å². The van der Waals surface area contributed by atoms with Gasteiger partial charge in [0.1, 0.15) is 0 Å². The van der Waals surface area contributed by atoms with Crippen LogP contribution in [0.25, 0.3) is 0 Å². The molecule has 120 valence electrons. The molecule has 0 aliphatic carbocycles. The maximum Gasteiger partial charge on any atom is 0.274 e. The first kappa shape index (κ1) is 16.7. The van der Waals surface area contributed by atoms with Gasteiger partial charge in [-0.25, -0.2) is 0 Å². The van der Waals surface area contributed by atoms with E-state index in [0.29, 0.717) is 16.8 Å². The summed E-state index contributed by atoms with van der Waals surface area (Å²) in [5.74, 6) is -0.288. The number of carbonyl (C=O) groups excluding carboxylic acids is 1. The van der Waals surface area contributed by atoms with Crippen molar-refractivity contribution in [1.82, 2.24) is 0 Å². The number of rotatable bonds is 3. The molecule has 0 saturated heterocycles. The van der Waals surface area contributed by atoms with Crippen molar-refractivity contribution in [1.29, 1.82) is 0 Å². The number of nitro groups is 1. The number of hydrogen-bond acceptors (Lipinski definition) is 3. The van der Waals surface area contributed by atoms with Gasteiger partial charge in [-0.05, 0) is 36.1 Å². The third-order valence-electron chi connectivity index (χ3n) is 3.68. The Morgan fingerprint density at radius 2 is 1.70 bits per heavy atom. The SMILES string of the molecule is Cc1ccc(NC(=O)c2ccc(C(C)(C)C)cc2)cc1[N+](=O)[O-]. The topological polar surface area (TPSA) is 72.2 Å². The zero-order valence-corrected chi connectivity index (χ0v) is 13.7. The molecule has 2 rings (SSSR count). The lowest BCUT2D eigenvalue weighted by atomic mass is 9.87. The van der Waals surface area contributed by atoms with Crippen molar-refractivity contribution in [2.24, 2.45) is 0 Å². The predicted octanol–water partition coefficient (Wildman–Crippen LogP) is 4.45. The van der Waals surface area contributed by atoms with Crippen LogP contribution < -0.4 is 5.32 Å². The molecule has 0 aliphatic rings. The van der Waals surface area contributed by atoms with Gasteiger partial charge in [0.15, 0.2) is 0 Å². The number of anilines is 1. The van der Waals surface area contributed by atoms with Crippen LogP contribution in [-0.2, 0) is 5.41 Å². The van der Waals surface area contributed by atoms with Crippen LogP contribution in [0, 0.1) is 17.0 Å². The third kappa shape index (κ3) is 3.94. The summed E-state index contributed by atoms with van der Waals surface area (Å²) in [5.41, 5.74) is 2.63. The first-order valence-corrected chi connectivity index (χ1v) is 7.35. The lowest BCUT2D eigenvalue weighted by molar-refractivity contribution is -0.385. The first-order valence-electron chi connectivity index (χ1n) is 7.35. The number of carbonyl (C=O) groups is 1. The van der Waals surface area contributed by atoms with Crippen LogP contribution in [0.15, 0.2) is 42.5 Å². The number of nitrogens with zero attached hydrogens (tertiary/aromatic N) is 1. The lowest BCUT2D eigenvalue weighted by Gasteiger charge is -2.19. The second kappa shape index (κ2) is 6.20. The molecule has 5 nitrogen and oxygen atoms in total. The van der Waals surface area contributed by atoms with E-state index < -0.39 is 4.92 Å². The summed E-state index contributed by atoms with van der Waals surface area (Å²) in [6.45, 7) is 7.98. The summed E-state index contributed by atoms with van der Waals surface area (Å²) < 4.78 is 0. The lowest BCUT2D eigenvalue weighted by Crippen LogP contribution is -2.14. The highest BCUT2D eigenvalue weighted by molar-refractivity contribution is 6.04. The Labute approximate surface area is 135 Å². The van der Waals surface area contributed by atoms with Crippen molar-refractivity contribution < 1.29 is 9.72 Å². The van der Waals surface area contributed by atoms with Gasteiger partial charge in [-0.15, -0.1) is 0 Å². The molecule has 2 aromatic rings. The van der Waals surface area contributed by atoms with Gasteiger partial charge in [0.05, 0.1) is 4.92 Å². The summed E-state index contributed by atoms with van der Waals surface area (Å²) in [4.78, 5) is 22.8. The van der Waals surface area contributed by atoms with Crippen molar-refractivity contribution in [3.8, 4) is 0 Å². The number of nitrogens with one attached hydrogen (secondary N) is 1. The van der Waals surface area contributed by atoms with Crippen LogP contribution in [0.5, 0.6) is 0 Å². The van der Waals surface area contributed by atoms with E-state index in [1.54, 1.807) is 31.2 Å². The largest absolute Gasteiger partial charge is 0.322 e. The molecule has 0 aromatic heterocycles. The standard InChI is InChI=1S/C18H20N2O3/c1-12-5-10-15(11-16(12)20(22)23)19-17(21)13-6-8-14(9-7-13)18(2,3)4/h5-11H,1-4H3,(H,19,21). The van der Waals surface area contributed by atoms with E-state index in [9.17, 15) is 14.9 Å². The maximum absolute atomic E-state index is 12.3. The number of amides is 1. The van der Waals surface area contributed by atoms with Crippen LogP contribution in [0.4, 0.5) is 11.4 Å². The molecule has 0 fully saturated rings. The summed E-state index contributed by atoms with van der Waals surface area (Å²) in [5, 5.41) is 13.6. The van der Waals surface area contributed by atoms with Crippen LogP contribution >= 0.6 is 0 Å². The van der Waals surface area contributed by atoms with Crippen LogP contribution in [-0.4, -0.2) is 10.8 Å². The van der Waals surface area contributed by atoms with Crippen molar-refractivity contribution in [2.45, 2.75) is 33.1 Å². The molecular formula is C18H20N2O3. The van der Waals surface area contributed by atoms with Crippen LogP contribution in [0.3, 0.4) is 0 Å². The van der Waals surface area contributed by atoms with Gasteiger partial charge in [-0.1, -0.05) is 39.0 Å². The Hall–Kier alpha value is -2.69. The maximum atomic E-state index is 12.3. The van der Waals surface area contributed by atoms with Gasteiger partial charge in [0, 0.05) is 22.9 Å². The molecule has 0 radical (unpaired) electrons. The van der Waals surface area contributed by atoms with Crippen molar-refractivity contribution >= 4 is 17.3 Å². The highest BCUT2D eigenvalue weighted by atomic mass is 16.6. The second-order valence-corrected chi connectivity index (χ2v) is 6.54. The minimum Gasteiger partial charge on any atom is -0.322 e. The highest BCUT2D eigenvalue weighted by Crippen LogP contribution is 2.24. The van der Waals surface area contributed by atoms with Crippen LogP contribution in [0.2, 0.25) is 0 Å². The van der Waals surface area contributed by atoms with Gasteiger partial charge >= 0.3 is 0 Å². The summed E-state index contributed by atoms with van der Waals surface area (Å²) >= 11 is 0. The number of hydrogen-bond donors (Lipinski definition) is 1. The zero-order valence-electron chi connectivity index (χ0n) is 13.7. The summed E-state index contributed by atoms with van der Waals surface area (Å²) in [6, 6.07) is 12.0. The number of benzene rings is 2. The summed E-state index contributed by atoms with van der Waals surface area (Å²) in [6.07, 6.45) is 0. The van der Waals surface area contributed by atoms with E-state index in [2.05, 4.69) is 26.1 Å². The van der Waals surface area contributed by atoms with Gasteiger partial charge in [-0.2, -0.15) is 0 Å². The number of aryl methyl sites for hydroxylation is 1. The normalized spacial score (nSPS) is 11.1. The molecule has 0 bridgehead atoms. The number of nitro benzene ring substituents is 1. The van der Waals surface area contributed by atoms with E-state index in [4.69, 9.17) is 0 Å². The molecule has 0 heterocycles. The Kier molecular flexibility index (Phi) is 4.50. The minimum atomic E-state index is -0.455. The Bertz CT molecular complexity index is 744. The molecule has 0 saturated carbocycles. The van der Waals surface area contributed by atoms with Gasteiger partial charge in [-0.3, -0.25) is 14.9 Å². The molecule has 0 spiro atoms. The second-order valence-electron chi connectivity index (χ2n) is 6.54.